The molecule has 0 saturated carbocycles. The summed E-state index contributed by atoms with van der Waals surface area (Å²) in [6.45, 7) is 11.8. The van der Waals surface area contributed by atoms with E-state index in [2.05, 4.69) is 113 Å². The smallest absolute Gasteiger partial charge is 0.308 e. The second kappa shape index (κ2) is 47.8. The summed E-state index contributed by atoms with van der Waals surface area (Å²) >= 11 is 2.28. The fourth-order valence-corrected chi connectivity index (χ4v) is 13.2. The molecule has 11 rings (SSSR count). The van der Waals surface area contributed by atoms with E-state index in [0.29, 0.717) is 26.2 Å². The maximum absolute atomic E-state index is 8.56. The summed E-state index contributed by atoms with van der Waals surface area (Å²) in [6, 6.07) is 90.6. The third-order valence-corrected chi connectivity index (χ3v) is 18.3. The first kappa shape index (κ1) is 77.6. The number of ether oxygens (including phenoxy) is 3. The molecule has 1 saturated heterocycles. The predicted molar refractivity (Wildman–Crippen MR) is 450 cm³/mol. The molecule has 5 N–H and O–H groups in total. The van der Waals surface area contributed by atoms with Crippen LogP contribution in [-0.2, 0) is 33.6 Å². The number of nitrogens with zero attached hydrogens (tertiary/aromatic N) is 11. The summed E-state index contributed by atoms with van der Waals surface area (Å²) in [5.74, 6) is 0. The van der Waals surface area contributed by atoms with E-state index < -0.39 is 35.5 Å². The van der Waals surface area contributed by atoms with Crippen molar-refractivity contribution >= 4 is 110 Å². The third-order valence-electron chi connectivity index (χ3n) is 15.4. The summed E-state index contributed by atoms with van der Waals surface area (Å²) in [5.41, 5.74) is 14.2. The number of aliphatic hydroxyl groups excluding tert-OH is 2. The minimum Gasteiger partial charge on any atom is -0.308 e. The summed E-state index contributed by atoms with van der Waals surface area (Å²) in [5, 5.41) is 20.2. The molecule has 105 heavy (non-hydrogen) atoms. The normalized spacial score (nSPS) is 14.3. The van der Waals surface area contributed by atoms with Gasteiger partial charge in [0.1, 0.15) is 11.4 Å². The number of hydrogen-bond donors (Lipinski definition) is 4. The van der Waals surface area contributed by atoms with Crippen LogP contribution >= 0.6 is 0 Å². The molecule has 0 bridgehead atoms. The van der Waals surface area contributed by atoms with Crippen molar-refractivity contribution in [1.82, 2.24) is 19.2 Å². The molecule has 1 fully saturated rings. The minimum atomic E-state index is -2.22. The Kier molecular flexibility index (Phi) is 35.3. The molecule has 2 aliphatic heterocycles. The molecular formula is C81H111B4N13O5PtSi. The Morgan fingerprint density at radius 3 is 1.40 bits per heavy atom. The second-order valence-corrected chi connectivity index (χ2v) is 31.4. The molecular weight excluding hydrogens is 1500 g/mol. The SMILES string of the molecule is C(=Nc1ccccc1)Nc1ccccc1.CC(O)CC(C)O.CCOC(OCC)OCC.C[Si](C)(C)N(C=Nc1ccccc1)c1ccccc1.Nc1ccccc1.[2H]C([2H])([2H])N(C)B1B(N(C)C)N(c2[c-]cccc2)[C](=[Pt])N1c1ccccc1.[2H]C([2H])([2H])N(C)B1B(N(C)C)N(c2ccccc2)C=[N+]1c1ccccc1. The van der Waals surface area contributed by atoms with Crippen molar-refractivity contribution < 1.29 is 56.5 Å². The van der Waals surface area contributed by atoms with Gasteiger partial charge in [-0.1, -0.05) is 147 Å². The van der Waals surface area contributed by atoms with E-state index >= 15 is 0 Å². The van der Waals surface area contributed by atoms with Crippen LogP contribution in [0.3, 0.4) is 0 Å². The Morgan fingerprint density at radius 1 is 0.552 bits per heavy atom. The van der Waals surface area contributed by atoms with Crippen LogP contribution in [0.25, 0.3) is 0 Å². The van der Waals surface area contributed by atoms with Gasteiger partial charge in [-0.3, -0.25) is 9.30 Å². The molecule has 0 aromatic heterocycles. The molecule has 0 amide bonds. The molecule has 24 heteroatoms. The Bertz CT molecular complexity index is 4070. The first-order chi connectivity index (χ1) is 52.9. The number of nitrogen functional groups attached to an aromatic ring is 1. The number of rotatable bonds is 23. The standard InChI is InChI=1S/C17H23B2N4.C17H21B2N4.C16H20N2Si.C13H12N2.C7H16O3.C6H7N.C5H12O2.Pt/c2*1-20(2)18-19(21(3)4)23(17-13-9-6-10-14-17)15-22(18)16-11-7-5-8-12-16;1-19(2,3)18(16-12-8-5-9-13-16)14-17-15-10-6-4-7-11-15;1-3-7-12(8-4-1)14-11-15-13-9-5-2-6-10-13;1-4-8-7(9-5-2)10-6-3;7-6-4-2-1-3-5-6;1-4(6)3-5(2)7;/h5-15H,1-4H3;5-13H,1-4H3;4-14H,1-3H3;1-11H,(H,14,15);7H,4-6H2,1-3H3;1-5H,7H2;4-7H,3H2,1-2H3;/q+1;-1;;;;;;/i2*1D3;;;;;;. The van der Waals surface area contributed by atoms with Crippen molar-refractivity contribution in [3.63, 3.8) is 0 Å². The summed E-state index contributed by atoms with van der Waals surface area (Å²) < 4.78 is 68.3. The Labute approximate surface area is 650 Å². The topological polar surface area (TPSA) is 160 Å². The number of aliphatic imine (C=N–C) groups is 2. The number of nitrogens with two attached hydrogens (primary N) is 1. The molecule has 2 unspecified atom stereocenters. The van der Waals surface area contributed by atoms with Crippen molar-refractivity contribution in [2.24, 2.45) is 9.98 Å². The van der Waals surface area contributed by atoms with Crippen LogP contribution in [0.4, 0.5) is 51.2 Å². The molecule has 2 heterocycles. The Balaban J connectivity index is 0.000000244. The van der Waals surface area contributed by atoms with Gasteiger partial charge in [-0.05, 0) is 154 Å². The van der Waals surface area contributed by atoms with Crippen LogP contribution in [0.2, 0.25) is 19.6 Å². The van der Waals surface area contributed by atoms with Crippen LogP contribution in [0.15, 0.2) is 277 Å². The largest absolute Gasteiger partial charge is 0.506 e. The van der Waals surface area contributed by atoms with Crippen molar-refractivity contribution in [2.45, 2.75) is 79.4 Å². The molecule has 0 spiro atoms. The molecule has 9 aromatic rings. The Morgan fingerprint density at radius 2 is 0.981 bits per heavy atom. The van der Waals surface area contributed by atoms with Gasteiger partial charge < -0.3 is 49.7 Å². The van der Waals surface area contributed by atoms with Gasteiger partial charge >= 0.3 is 175 Å². The van der Waals surface area contributed by atoms with E-state index in [-0.39, 0.29) is 32.8 Å². The van der Waals surface area contributed by atoms with Crippen molar-refractivity contribution in [1.29, 1.82) is 0 Å². The molecule has 2 aliphatic rings. The van der Waals surface area contributed by atoms with Gasteiger partial charge in [0.15, 0.2) is 8.24 Å². The van der Waals surface area contributed by atoms with Gasteiger partial charge in [0.05, 0.1) is 36.3 Å². The number of hydrogen-bond acceptors (Lipinski definition) is 15. The van der Waals surface area contributed by atoms with Crippen LogP contribution in [0.1, 0.15) is 49.3 Å². The first-order valence-electron chi connectivity index (χ1n) is 38.2. The number of aliphatic hydroxyl groups is 2. The summed E-state index contributed by atoms with van der Waals surface area (Å²) in [4.78, 5) is 22.2. The number of benzene rings is 9. The maximum Gasteiger partial charge on any atom is 0.506 e. The van der Waals surface area contributed by atoms with E-state index in [1.807, 2.05) is 309 Å². The molecule has 0 aliphatic carbocycles. The molecule has 0 radical (unpaired) electrons. The first-order valence-corrected chi connectivity index (χ1v) is 39.8. The second-order valence-electron chi connectivity index (χ2n) is 25.5. The van der Waals surface area contributed by atoms with E-state index in [4.69, 9.17) is 38.4 Å². The van der Waals surface area contributed by atoms with Gasteiger partial charge in [-0.25, -0.2) is 9.98 Å². The fraction of sp³-hybridized carbons (Fsp3) is 0.284. The molecule has 9 aromatic carbocycles. The molecule has 2 atom stereocenters. The van der Waals surface area contributed by atoms with Crippen molar-refractivity contribution in [3.05, 3.63) is 273 Å². The summed E-state index contributed by atoms with van der Waals surface area (Å²) in [6.07, 6.45) is 5.39. The van der Waals surface area contributed by atoms with Crippen LogP contribution < -0.4 is 30.0 Å². The van der Waals surface area contributed by atoms with E-state index in [1.165, 1.54) is 15.3 Å². The van der Waals surface area contributed by atoms with Crippen LogP contribution in [0, 0.1) is 6.07 Å². The average Bonchev–Trinajstić information content (AvgIpc) is 1.60. The van der Waals surface area contributed by atoms with Gasteiger partial charge in [-0.2, -0.15) is 0 Å². The summed E-state index contributed by atoms with van der Waals surface area (Å²) in [7, 11) is 9.72. The third kappa shape index (κ3) is 30.5. The fourth-order valence-electron chi connectivity index (χ4n) is 10.7. The van der Waals surface area contributed by atoms with Gasteiger partial charge in [0.25, 0.3) is 6.48 Å². The zero-order valence-corrected chi connectivity index (χ0v) is 66.7. The van der Waals surface area contributed by atoms with E-state index in [9.17, 15) is 0 Å². The predicted octanol–water partition coefficient (Wildman–Crippen LogP) is 14.6. The van der Waals surface area contributed by atoms with Crippen LogP contribution in [0.5, 0.6) is 0 Å². The maximum atomic E-state index is 8.56. The number of nitrogens with one attached hydrogen (secondary N) is 1. The van der Waals surface area contributed by atoms with E-state index in [0.717, 1.165) is 49.6 Å². The van der Waals surface area contributed by atoms with Crippen molar-refractivity contribution in [2.75, 3.05) is 106 Å². The monoisotopic (exact) mass is 1620 g/mol. The van der Waals surface area contributed by atoms with Crippen molar-refractivity contribution in [3.8, 4) is 0 Å². The van der Waals surface area contributed by atoms with Gasteiger partial charge in [0.2, 0.25) is 6.34 Å². The number of para-hydroxylation sites is 9. The molecule has 18 nitrogen and oxygen atoms in total. The quantitative estimate of drug-likeness (QED) is 0.0120. The zero-order valence-electron chi connectivity index (χ0n) is 69.4. The number of anilines is 6. The van der Waals surface area contributed by atoms with Gasteiger partial charge in [0, 0.05) is 41.0 Å². The zero-order chi connectivity index (χ0) is 81.5. The minimum absolute atomic E-state index is 0.164. The Hall–Kier alpha value is -8.54. The van der Waals surface area contributed by atoms with Gasteiger partial charge in [-0.15, -0.1) is 0 Å². The average molecular weight is 1620 g/mol. The molecule has 556 valence electrons. The van der Waals surface area contributed by atoms with Crippen LogP contribution in [-0.4, -0.2) is 188 Å². The van der Waals surface area contributed by atoms with E-state index in [1.54, 1.807) is 34.3 Å².